The Morgan fingerprint density at radius 2 is 1.47 bits per heavy atom. The zero-order valence-corrected chi connectivity index (χ0v) is 19.0. The van der Waals surface area contributed by atoms with Crippen LogP contribution >= 0.6 is 0 Å². The topological polar surface area (TPSA) is 58.6 Å². The van der Waals surface area contributed by atoms with Crippen LogP contribution in [0.3, 0.4) is 0 Å². The summed E-state index contributed by atoms with van der Waals surface area (Å²) in [5.41, 5.74) is 2.51. The minimum absolute atomic E-state index is 0.279. The van der Waals surface area contributed by atoms with Crippen molar-refractivity contribution in [1.29, 1.82) is 0 Å². The average Bonchev–Trinajstić information content (AvgIpc) is 2.89. The summed E-state index contributed by atoms with van der Waals surface area (Å²) in [5, 5.41) is 15.0. The maximum atomic E-state index is 12.8. The van der Waals surface area contributed by atoms with Gasteiger partial charge in [-0.3, -0.25) is 4.79 Å². The average molecular weight is 450 g/mol. The fourth-order valence-electron chi connectivity index (χ4n) is 3.97. The Morgan fingerprint density at radius 1 is 0.853 bits per heavy atom. The van der Waals surface area contributed by atoms with Gasteiger partial charge in [-0.1, -0.05) is 91.0 Å². The third-order valence-electron chi connectivity index (χ3n) is 5.73. The second-order valence-corrected chi connectivity index (χ2v) is 8.03. The molecule has 4 rings (SSSR count). The first-order valence-corrected chi connectivity index (χ1v) is 11.1. The van der Waals surface area contributed by atoms with E-state index >= 15 is 0 Å². The third kappa shape index (κ3) is 5.42. The van der Waals surface area contributed by atoms with Crippen molar-refractivity contribution < 1.29 is 14.6 Å². The van der Waals surface area contributed by atoms with Crippen LogP contribution < -0.4 is 10.1 Å². The van der Waals surface area contributed by atoms with Crippen molar-refractivity contribution in [1.82, 2.24) is 0 Å². The Morgan fingerprint density at radius 3 is 2.15 bits per heavy atom. The number of aliphatic hydroxyl groups is 1. The summed E-state index contributed by atoms with van der Waals surface area (Å²) in [6.45, 7) is 0. The van der Waals surface area contributed by atoms with Crippen LogP contribution in [-0.2, 0) is 16.8 Å². The molecule has 170 valence electrons. The molecule has 1 amide bonds. The van der Waals surface area contributed by atoms with E-state index in [9.17, 15) is 9.90 Å². The molecule has 0 bridgehead atoms. The molecule has 0 aromatic heterocycles. The quantitative estimate of drug-likeness (QED) is 0.333. The fourth-order valence-corrected chi connectivity index (χ4v) is 3.97. The molecule has 4 aromatic carbocycles. The number of rotatable bonds is 8. The number of carbonyl (C=O) groups is 1. The number of methoxy groups -OCH3 is 1. The Hall–Kier alpha value is -4.15. The summed E-state index contributed by atoms with van der Waals surface area (Å²) >= 11 is 0. The van der Waals surface area contributed by atoms with Gasteiger partial charge < -0.3 is 15.2 Å². The maximum Gasteiger partial charge on any atom is 0.248 e. The van der Waals surface area contributed by atoms with E-state index < -0.39 is 5.60 Å². The molecule has 0 heterocycles. The van der Waals surface area contributed by atoms with Gasteiger partial charge in [-0.05, 0) is 41.0 Å². The molecule has 0 radical (unpaired) electrons. The number of ether oxygens (including phenoxy) is 1. The predicted octanol–water partition coefficient (Wildman–Crippen LogP) is 5.83. The minimum Gasteiger partial charge on any atom is -0.497 e. The highest BCUT2D eigenvalue weighted by Crippen LogP contribution is 2.37. The molecule has 0 aliphatic heterocycles. The Kier molecular flexibility index (Phi) is 7.21. The first-order chi connectivity index (χ1) is 16.6. The van der Waals surface area contributed by atoms with Gasteiger partial charge in [0.1, 0.15) is 11.4 Å². The zero-order valence-electron chi connectivity index (χ0n) is 19.0. The molecule has 0 aliphatic carbocycles. The van der Waals surface area contributed by atoms with Gasteiger partial charge in [0.25, 0.3) is 0 Å². The van der Waals surface area contributed by atoms with E-state index in [-0.39, 0.29) is 5.91 Å². The van der Waals surface area contributed by atoms with E-state index in [1.54, 1.807) is 13.2 Å². The molecule has 4 nitrogen and oxygen atoms in total. The molecule has 0 fully saturated rings. The highest BCUT2D eigenvalue weighted by molar-refractivity contribution is 6.02. The molecular weight excluding hydrogens is 422 g/mol. The second kappa shape index (κ2) is 10.6. The number of anilines is 1. The smallest absolute Gasteiger partial charge is 0.248 e. The van der Waals surface area contributed by atoms with Crippen molar-refractivity contribution in [2.45, 2.75) is 12.0 Å². The largest absolute Gasteiger partial charge is 0.497 e. The number of para-hydroxylation sites is 1. The Bertz CT molecular complexity index is 1250. The van der Waals surface area contributed by atoms with Crippen LogP contribution in [-0.4, -0.2) is 18.1 Å². The summed E-state index contributed by atoms with van der Waals surface area (Å²) in [7, 11) is 1.62. The number of carbonyl (C=O) groups excluding carboxylic acids is 1. The van der Waals surface area contributed by atoms with Crippen molar-refractivity contribution in [3.63, 3.8) is 0 Å². The second-order valence-electron chi connectivity index (χ2n) is 8.03. The lowest BCUT2D eigenvalue weighted by Gasteiger charge is -2.31. The van der Waals surface area contributed by atoms with Gasteiger partial charge in [0, 0.05) is 23.7 Å². The molecule has 4 aromatic rings. The number of benzene rings is 4. The molecule has 0 spiro atoms. The summed E-state index contributed by atoms with van der Waals surface area (Å²) in [4.78, 5) is 12.8. The fraction of sp³-hybridized carbons (Fsp3) is 0.100. The van der Waals surface area contributed by atoms with Crippen LogP contribution in [0.4, 0.5) is 5.69 Å². The predicted molar refractivity (Wildman–Crippen MR) is 137 cm³/mol. The Labute approximate surface area is 200 Å². The molecule has 4 heteroatoms. The van der Waals surface area contributed by atoms with Gasteiger partial charge in [-0.2, -0.15) is 0 Å². The first kappa shape index (κ1) is 23.0. The molecule has 1 unspecified atom stereocenters. The van der Waals surface area contributed by atoms with Gasteiger partial charge >= 0.3 is 0 Å². The van der Waals surface area contributed by atoms with E-state index in [1.165, 1.54) is 6.08 Å². The Balaban J connectivity index is 1.64. The highest BCUT2D eigenvalue weighted by Gasteiger charge is 2.34. The van der Waals surface area contributed by atoms with Crippen LogP contribution in [0, 0.1) is 0 Å². The lowest BCUT2D eigenvalue weighted by atomic mass is 9.80. The molecule has 0 aliphatic rings. The van der Waals surface area contributed by atoms with Crippen molar-refractivity contribution in [2.24, 2.45) is 0 Å². The molecule has 0 saturated carbocycles. The molecule has 34 heavy (non-hydrogen) atoms. The van der Waals surface area contributed by atoms with Crippen molar-refractivity contribution >= 4 is 17.7 Å². The lowest BCUT2D eigenvalue weighted by Crippen LogP contribution is -2.31. The number of amides is 1. The van der Waals surface area contributed by atoms with Crippen molar-refractivity contribution in [2.75, 3.05) is 12.4 Å². The molecular formula is C30H27NO3. The van der Waals surface area contributed by atoms with E-state index in [4.69, 9.17) is 4.74 Å². The van der Waals surface area contributed by atoms with E-state index in [0.717, 1.165) is 22.4 Å². The van der Waals surface area contributed by atoms with Gasteiger partial charge in [0.15, 0.2) is 0 Å². The van der Waals surface area contributed by atoms with Crippen molar-refractivity contribution in [3.8, 4) is 5.75 Å². The standard InChI is InChI=1S/C30H27NO3/c1-34-26-19-16-23(17-20-26)18-21-29(32)31-28-15-9-8-14-27(28)30(33,25-12-6-3-7-13-25)22-24-10-4-2-5-11-24/h2-21,33H,22H2,1H3,(H,31,32)/b21-18+. The SMILES string of the molecule is COc1ccc(/C=C/C(=O)Nc2ccccc2C(O)(Cc2ccccc2)c2ccccc2)cc1. The van der Waals surface area contributed by atoms with Crippen LogP contribution in [0.2, 0.25) is 0 Å². The monoisotopic (exact) mass is 449 g/mol. The maximum absolute atomic E-state index is 12.8. The van der Waals surface area contributed by atoms with Crippen LogP contribution in [0.5, 0.6) is 5.75 Å². The molecule has 2 N–H and O–H groups in total. The summed E-state index contributed by atoms with van der Waals surface area (Å²) < 4.78 is 5.17. The van der Waals surface area contributed by atoms with Gasteiger partial charge in [-0.15, -0.1) is 0 Å². The van der Waals surface area contributed by atoms with Gasteiger partial charge in [0.2, 0.25) is 5.91 Å². The van der Waals surface area contributed by atoms with Gasteiger partial charge in [-0.25, -0.2) is 0 Å². The van der Waals surface area contributed by atoms with Crippen LogP contribution in [0.15, 0.2) is 115 Å². The summed E-state index contributed by atoms with van der Waals surface area (Å²) in [5.74, 6) is 0.479. The highest BCUT2D eigenvalue weighted by atomic mass is 16.5. The zero-order chi connectivity index (χ0) is 23.8. The van der Waals surface area contributed by atoms with Crippen LogP contribution in [0.25, 0.3) is 6.08 Å². The molecule has 1 atom stereocenters. The summed E-state index contributed by atoms with van der Waals surface area (Å²) in [6, 6.07) is 34.2. The summed E-state index contributed by atoms with van der Waals surface area (Å²) in [6.07, 6.45) is 3.59. The lowest BCUT2D eigenvalue weighted by molar-refractivity contribution is -0.111. The van der Waals surface area contributed by atoms with Crippen molar-refractivity contribution in [3.05, 3.63) is 138 Å². The first-order valence-electron chi connectivity index (χ1n) is 11.1. The van der Waals surface area contributed by atoms with Crippen LogP contribution in [0.1, 0.15) is 22.3 Å². The number of hydrogen-bond donors (Lipinski definition) is 2. The van der Waals surface area contributed by atoms with E-state index in [1.807, 2.05) is 109 Å². The van der Waals surface area contributed by atoms with Gasteiger partial charge in [0.05, 0.1) is 7.11 Å². The minimum atomic E-state index is -1.33. The van der Waals surface area contributed by atoms with E-state index in [0.29, 0.717) is 17.7 Å². The third-order valence-corrected chi connectivity index (χ3v) is 5.73. The number of hydrogen-bond acceptors (Lipinski definition) is 3. The van der Waals surface area contributed by atoms with E-state index in [2.05, 4.69) is 5.32 Å². The number of nitrogens with one attached hydrogen (secondary N) is 1. The normalized spacial score (nSPS) is 12.8. The molecule has 0 saturated heterocycles.